The van der Waals surface area contributed by atoms with Crippen molar-refractivity contribution in [2.24, 2.45) is 22.9 Å². The van der Waals surface area contributed by atoms with E-state index < -0.39 is 60.1 Å². The zero-order valence-corrected chi connectivity index (χ0v) is 30.9. The summed E-state index contributed by atoms with van der Waals surface area (Å²) in [6.45, 7) is 3.61. The molecule has 3 heterocycles. The number of aromatic nitrogens is 4. The van der Waals surface area contributed by atoms with Gasteiger partial charge in [-0.2, -0.15) is 9.97 Å². The summed E-state index contributed by atoms with van der Waals surface area (Å²) in [6, 6.07) is -4.46. The number of carbonyl (C=O) groups is 7. The second-order valence-electron chi connectivity index (χ2n) is 12.9. The zero-order chi connectivity index (χ0) is 41.1. The lowest BCUT2D eigenvalue weighted by Gasteiger charge is -2.25. The number of hydrogen-bond donors (Lipinski definition) is 9. The highest BCUT2D eigenvalue weighted by atomic mass is 16.5. The maximum atomic E-state index is 12.7. The highest BCUT2D eigenvalue weighted by Gasteiger charge is 2.34. The minimum absolute atomic E-state index is 0.00250. The molecule has 0 aromatic carbocycles. The van der Waals surface area contributed by atoms with Gasteiger partial charge < -0.3 is 63.0 Å². The van der Waals surface area contributed by atoms with Crippen LogP contribution in [-0.4, -0.2) is 103 Å². The highest BCUT2D eigenvalue weighted by Crippen LogP contribution is 2.24. The Morgan fingerprint density at radius 1 is 0.818 bits per heavy atom. The van der Waals surface area contributed by atoms with Crippen LogP contribution in [0, 0.1) is 0 Å². The molecule has 5 amide bonds. The first-order valence-corrected chi connectivity index (χ1v) is 17.7. The maximum Gasteiger partial charge on any atom is 0.318 e. The number of hydrogen-bond acceptors (Lipinski definition) is 16. The lowest BCUT2D eigenvalue weighted by Crippen LogP contribution is -2.46. The smallest absolute Gasteiger partial charge is 0.318 e. The summed E-state index contributed by atoms with van der Waals surface area (Å²) in [6.07, 6.45) is 3.43. The minimum atomic E-state index is -1.05. The maximum absolute atomic E-state index is 12.7. The van der Waals surface area contributed by atoms with Gasteiger partial charge in [-0.15, -0.1) is 0 Å². The summed E-state index contributed by atoms with van der Waals surface area (Å²) in [5.41, 5.74) is 22.4. The van der Waals surface area contributed by atoms with Crippen molar-refractivity contribution in [3.05, 3.63) is 23.4 Å². The predicted octanol–water partition coefficient (Wildman–Crippen LogP) is -0.00370. The number of Topliss-reactive ketones (excluding diaryl/α,β-unsaturated/α-hetero) is 2. The van der Waals surface area contributed by atoms with Crippen molar-refractivity contribution in [3.8, 4) is 0 Å². The van der Waals surface area contributed by atoms with Crippen molar-refractivity contribution in [1.29, 1.82) is 0 Å². The quantitative estimate of drug-likeness (QED) is 0.0710. The highest BCUT2D eigenvalue weighted by molar-refractivity contribution is 5.87. The number of primary amides is 1. The van der Waals surface area contributed by atoms with Gasteiger partial charge in [0.2, 0.25) is 17.7 Å². The monoisotopic (exact) mass is 780 g/mol. The van der Waals surface area contributed by atoms with Crippen LogP contribution in [0.15, 0.2) is 9.05 Å². The number of nitrogens with one attached hydrogen (secondary N) is 3. The number of carboxylic acid groups (broad SMARTS) is 2. The molecule has 1 saturated heterocycles. The van der Waals surface area contributed by atoms with Gasteiger partial charge in [-0.3, -0.25) is 24.0 Å². The van der Waals surface area contributed by atoms with Crippen molar-refractivity contribution < 1.29 is 52.8 Å². The topological polar surface area (TPSA) is 381 Å². The Bertz CT molecular complexity index is 1600. The number of amides is 5. The first-order chi connectivity index (χ1) is 26.0. The molecule has 1 unspecified atom stereocenters. The van der Waals surface area contributed by atoms with Crippen LogP contribution >= 0.6 is 0 Å². The minimum Gasteiger partial charge on any atom is -0.481 e. The molecule has 1 aliphatic heterocycles. The molecule has 0 spiro atoms. The number of unbranched alkanes of at least 4 members (excludes halogenated alkanes) is 1. The molecule has 55 heavy (non-hydrogen) atoms. The van der Waals surface area contributed by atoms with Crippen LogP contribution in [-0.2, 0) is 24.0 Å². The number of nitrogens with zero attached hydrogens (tertiary/aromatic N) is 5. The predicted molar refractivity (Wildman–Crippen MR) is 189 cm³/mol. The number of carboxylic acids is 2. The molecule has 1 aliphatic rings. The largest absolute Gasteiger partial charge is 0.481 e. The Morgan fingerprint density at radius 2 is 1.36 bits per heavy atom. The molecule has 5 atom stereocenters. The summed E-state index contributed by atoms with van der Waals surface area (Å²) >= 11 is 0. The normalized spacial score (nSPS) is 15.8. The molecular formula is C32H52N12O11. The van der Waals surface area contributed by atoms with Crippen LogP contribution in [0.1, 0.15) is 132 Å². The number of likely N-dealkylation sites (tertiary alicyclic amines) is 1. The van der Waals surface area contributed by atoms with Gasteiger partial charge >= 0.3 is 24.0 Å². The fourth-order valence-corrected chi connectivity index (χ4v) is 5.27. The number of rotatable bonds is 22. The molecule has 2 aromatic rings. The van der Waals surface area contributed by atoms with Crippen LogP contribution in [0.25, 0.3) is 0 Å². The van der Waals surface area contributed by atoms with Gasteiger partial charge in [0.1, 0.15) is 17.9 Å². The average molecular weight is 781 g/mol. The van der Waals surface area contributed by atoms with Crippen LogP contribution in [0.5, 0.6) is 0 Å². The summed E-state index contributed by atoms with van der Waals surface area (Å²) in [7, 11) is 0. The third-order valence-electron chi connectivity index (χ3n) is 8.22. The van der Waals surface area contributed by atoms with E-state index in [0.29, 0.717) is 32.4 Å². The molecule has 1 fully saturated rings. The van der Waals surface area contributed by atoms with E-state index >= 15 is 0 Å². The first kappa shape index (κ1) is 45.6. The van der Waals surface area contributed by atoms with Gasteiger partial charge in [0, 0.05) is 25.8 Å². The number of nitrogens with two attached hydrogens (primary N) is 4. The Morgan fingerprint density at radius 3 is 1.85 bits per heavy atom. The van der Waals surface area contributed by atoms with E-state index in [1.54, 1.807) is 0 Å². The Labute approximate surface area is 316 Å². The lowest BCUT2D eigenvalue weighted by molar-refractivity contribution is -0.138. The summed E-state index contributed by atoms with van der Waals surface area (Å²) in [5, 5.41) is 33.0. The van der Waals surface area contributed by atoms with Crippen molar-refractivity contribution in [2.45, 2.75) is 115 Å². The van der Waals surface area contributed by atoms with E-state index in [9.17, 15) is 33.6 Å². The van der Waals surface area contributed by atoms with Gasteiger partial charge in [0.15, 0.2) is 17.4 Å². The van der Waals surface area contributed by atoms with Crippen molar-refractivity contribution in [1.82, 2.24) is 41.1 Å². The van der Waals surface area contributed by atoms with Gasteiger partial charge in [0.25, 0.3) is 0 Å². The summed E-state index contributed by atoms with van der Waals surface area (Å²) < 4.78 is 10.3. The Balaban J connectivity index is 0.000000383. The third kappa shape index (κ3) is 16.6. The summed E-state index contributed by atoms with van der Waals surface area (Å²) in [4.78, 5) is 89.6. The molecule has 0 bridgehead atoms. The lowest BCUT2D eigenvalue weighted by atomic mass is 10.1. The van der Waals surface area contributed by atoms with E-state index in [1.807, 2.05) is 0 Å². The molecule has 306 valence electrons. The molecule has 0 radical (unpaired) electrons. The van der Waals surface area contributed by atoms with Crippen LogP contribution in [0.4, 0.5) is 9.59 Å². The second kappa shape index (κ2) is 23.3. The molecule has 3 rings (SSSR count). The molecule has 13 N–H and O–H groups in total. The van der Waals surface area contributed by atoms with E-state index in [-0.39, 0.29) is 80.1 Å². The van der Waals surface area contributed by atoms with Gasteiger partial charge in [-0.1, -0.05) is 16.7 Å². The third-order valence-corrected chi connectivity index (χ3v) is 8.22. The zero-order valence-electron chi connectivity index (χ0n) is 30.9. The molecular weight excluding hydrogens is 728 g/mol. The number of urea groups is 2. The van der Waals surface area contributed by atoms with Crippen LogP contribution in [0.2, 0.25) is 0 Å². The van der Waals surface area contributed by atoms with E-state index in [0.717, 1.165) is 12.8 Å². The average Bonchev–Trinajstić information content (AvgIpc) is 3.92. The Kier molecular flexibility index (Phi) is 19.3. The molecule has 23 heteroatoms. The van der Waals surface area contributed by atoms with E-state index in [2.05, 4.69) is 36.2 Å². The Hall–Kier alpha value is -5.55. The second-order valence-corrected chi connectivity index (χ2v) is 12.9. The van der Waals surface area contributed by atoms with Crippen molar-refractivity contribution >= 4 is 41.5 Å². The first-order valence-electron chi connectivity index (χ1n) is 17.7. The van der Waals surface area contributed by atoms with Gasteiger partial charge in [0.05, 0.1) is 24.7 Å². The molecule has 23 nitrogen and oxygen atoms in total. The number of aliphatic carboxylic acids is 2. The fraction of sp³-hybridized carbons (Fsp3) is 0.656. The van der Waals surface area contributed by atoms with E-state index in [4.69, 9.17) is 42.2 Å². The molecule has 2 aromatic heterocycles. The SMILES string of the molecule is CC(=O)C1CCCN1C(=O)N[C@@H](CCC(=O)O)c1nc([C@@H](N)CCC(N)=O)no1.CC(=O)CNC(=O)N[C@@H](CCC(=O)O)c1nc([C@@H](N)CCCCN)no1. The molecule has 0 aliphatic carbocycles. The summed E-state index contributed by atoms with van der Waals surface area (Å²) in [5.74, 6) is -2.45. The van der Waals surface area contributed by atoms with Crippen LogP contribution < -0.4 is 38.9 Å². The van der Waals surface area contributed by atoms with Crippen molar-refractivity contribution in [3.63, 3.8) is 0 Å². The van der Waals surface area contributed by atoms with Gasteiger partial charge in [-0.05, 0) is 65.3 Å². The van der Waals surface area contributed by atoms with Gasteiger partial charge in [-0.25, -0.2) is 9.59 Å². The fourth-order valence-electron chi connectivity index (χ4n) is 5.27. The van der Waals surface area contributed by atoms with Crippen LogP contribution in [0.3, 0.4) is 0 Å². The number of ketones is 2. The standard InChI is InChI=1S/C17H26N6O6.C15H26N6O5/c1-9(24)12-3-2-8-23(12)17(28)20-11(5-7-14(26)27)16-21-15(22-29-16)10(18)4-6-13(19)25;1-9(22)8-18-15(25)19-11(5-6-12(23)24)14-20-13(21-26-14)10(17)4-2-3-7-16/h10-12H,2-8,18H2,1H3,(H2,19,25)(H,20,28)(H,26,27);10-11H,2-8,16-17H2,1H3,(H,23,24)(H2,18,19,25)/t10-,11-,12?;10-,11-/m00/s1. The van der Waals surface area contributed by atoms with Crippen molar-refractivity contribution in [2.75, 3.05) is 19.6 Å². The number of carbonyl (C=O) groups excluding carboxylic acids is 5. The van der Waals surface area contributed by atoms with E-state index in [1.165, 1.54) is 18.7 Å². The molecule has 0 saturated carbocycles.